The number of morpholine rings is 1. The van der Waals surface area contributed by atoms with E-state index in [1.807, 2.05) is 6.07 Å². The van der Waals surface area contributed by atoms with Crippen molar-refractivity contribution in [2.24, 2.45) is 5.73 Å². The summed E-state index contributed by atoms with van der Waals surface area (Å²) in [5.41, 5.74) is 13.7. The molecule has 0 amide bonds. The summed E-state index contributed by atoms with van der Waals surface area (Å²) in [5, 5.41) is 6.44. The number of ether oxygens (including phenoxy) is 1. The minimum atomic E-state index is 0.284. The van der Waals surface area contributed by atoms with Crippen LogP contribution in [0, 0.1) is 0 Å². The Morgan fingerprint density at radius 1 is 1.24 bits per heavy atom. The van der Waals surface area contributed by atoms with E-state index in [2.05, 4.69) is 25.6 Å². The van der Waals surface area contributed by atoms with Gasteiger partial charge < -0.3 is 26.4 Å². The Bertz CT molecular complexity index is 725. The zero-order chi connectivity index (χ0) is 17.2. The number of thiazole rings is 1. The molecule has 0 spiro atoms. The molecule has 0 bridgehead atoms. The van der Waals surface area contributed by atoms with E-state index in [1.54, 1.807) is 11.3 Å². The fraction of sp³-hybridized carbons (Fsp3) is 0.562. The number of anilines is 3. The highest BCUT2D eigenvalue weighted by atomic mass is 32.1. The van der Waals surface area contributed by atoms with Gasteiger partial charge in [0.25, 0.3) is 0 Å². The summed E-state index contributed by atoms with van der Waals surface area (Å²) in [6, 6.07) is 2.26. The molecule has 5 N–H and O–H groups in total. The third-order valence-corrected chi connectivity index (χ3v) is 5.58. The van der Waals surface area contributed by atoms with Crippen molar-refractivity contribution in [2.75, 3.05) is 42.3 Å². The van der Waals surface area contributed by atoms with Crippen molar-refractivity contribution in [3.63, 3.8) is 0 Å². The molecule has 0 aromatic carbocycles. The maximum atomic E-state index is 5.87. The van der Waals surface area contributed by atoms with Crippen molar-refractivity contribution in [1.29, 1.82) is 0 Å². The summed E-state index contributed by atoms with van der Waals surface area (Å²) in [5.74, 6) is 1.43. The van der Waals surface area contributed by atoms with Crippen molar-refractivity contribution < 1.29 is 4.74 Å². The van der Waals surface area contributed by atoms with Crippen molar-refractivity contribution in [2.45, 2.75) is 31.3 Å². The van der Waals surface area contributed by atoms with E-state index in [4.69, 9.17) is 21.2 Å². The largest absolute Gasteiger partial charge is 0.378 e. The molecule has 1 saturated heterocycles. The quantitative estimate of drug-likeness (QED) is 0.727. The average Bonchev–Trinajstić information content (AvgIpc) is 3.06. The molecule has 4 rings (SSSR count). The first-order valence-corrected chi connectivity index (χ1v) is 9.46. The second kappa shape index (κ2) is 7.11. The molecule has 0 atom stereocenters. The molecule has 9 heteroatoms. The van der Waals surface area contributed by atoms with Gasteiger partial charge in [-0.2, -0.15) is 4.98 Å². The first kappa shape index (κ1) is 16.5. The van der Waals surface area contributed by atoms with Gasteiger partial charge in [-0.25, -0.2) is 9.97 Å². The van der Waals surface area contributed by atoms with Gasteiger partial charge >= 0.3 is 0 Å². The molecule has 1 aliphatic carbocycles. The molecule has 25 heavy (non-hydrogen) atoms. The van der Waals surface area contributed by atoms with Gasteiger partial charge in [0.05, 0.1) is 31.1 Å². The monoisotopic (exact) mass is 361 g/mol. The summed E-state index contributed by atoms with van der Waals surface area (Å²) in [7, 11) is 0. The van der Waals surface area contributed by atoms with Crippen molar-refractivity contribution in [1.82, 2.24) is 15.0 Å². The molecule has 2 fully saturated rings. The number of rotatable bonds is 5. The smallest absolute Gasteiger partial charge is 0.222 e. The molecule has 2 aromatic heterocycles. The van der Waals surface area contributed by atoms with Crippen LogP contribution >= 0.6 is 11.3 Å². The average molecular weight is 361 g/mol. The van der Waals surface area contributed by atoms with Crippen molar-refractivity contribution >= 4 is 28.2 Å². The first-order chi connectivity index (χ1) is 12.2. The van der Waals surface area contributed by atoms with Gasteiger partial charge in [-0.3, -0.25) is 0 Å². The van der Waals surface area contributed by atoms with Gasteiger partial charge in [-0.1, -0.05) is 0 Å². The van der Waals surface area contributed by atoms with E-state index < -0.39 is 0 Å². The van der Waals surface area contributed by atoms with Crippen LogP contribution in [-0.2, 0) is 11.3 Å². The Morgan fingerprint density at radius 2 is 2.04 bits per heavy atom. The highest BCUT2D eigenvalue weighted by Gasteiger charge is 2.29. The summed E-state index contributed by atoms with van der Waals surface area (Å²) < 4.78 is 5.38. The summed E-state index contributed by atoms with van der Waals surface area (Å²) in [4.78, 5) is 15.6. The Hall–Kier alpha value is -1.97. The molecular formula is C16H23N7OS. The lowest BCUT2D eigenvalue weighted by Crippen LogP contribution is -2.36. The lowest BCUT2D eigenvalue weighted by molar-refractivity contribution is 0.122. The minimum absolute atomic E-state index is 0.284. The summed E-state index contributed by atoms with van der Waals surface area (Å²) >= 11 is 1.66. The van der Waals surface area contributed by atoms with Crippen LogP contribution in [0.1, 0.15) is 30.1 Å². The van der Waals surface area contributed by atoms with Crippen LogP contribution in [0.25, 0.3) is 0 Å². The summed E-state index contributed by atoms with van der Waals surface area (Å²) in [6.07, 6.45) is 1.93. The second-order valence-corrected chi connectivity index (χ2v) is 7.38. The fourth-order valence-corrected chi connectivity index (χ4v) is 4.03. The second-order valence-electron chi connectivity index (χ2n) is 6.54. The van der Waals surface area contributed by atoms with E-state index in [-0.39, 0.29) is 6.04 Å². The number of nitrogens with two attached hydrogens (primary N) is 2. The molecule has 8 nitrogen and oxygen atoms in total. The Balaban J connectivity index is 1.39. The molecule has 2 aliphatic rings. The highest BCUT2D eigenvalue weighted by molar-refractivity contribution is 7.13. The fourth-order valence-electron chi connectivity index (χ4n) is 3.15. The van der Waals surface area contributed by atoms with Crippen LogP contribution in [0.15, 0.2) is 11.4 Å². The number of hydrogen-bond acceptors (Lipinski definition) is 9. The van der Waals surface area contributed by atoms with Gasteiger partial charge in [-0.15, -0.1) is 11.3 Å². The van der Waals surface area contributed by atoms with Gasteiger partial charge in [-0.05, 0) is 12.8 Å². The molecule has 0 radical (unpaired) electrons. The van der Waals surface area contributed by atoms with E-state index in [0.29, 0.717) is 18.4 Å². The number of nitrogens with one attached hydrogen (secondary N) is 1. The zero-order valence-electron chi connectivity index (χ0n) is 14.0. The van der Waals surface area contributed by atoms with Crippen molar-refractivity contribution in [3.8, 4) is 0 Å². The van der Waals surface area contributed by atoms with Crippen LogP contribution < -0.4 is 21.7 Å². The lowest BCUT2D eigenvalue weighted by atomic mass is 9.78. The summed E-state index contributed by atoms with van der Waals surface area (Å²) in [6.45, 7) is 3.94. The Kier molecular flexibility index (Phi) is 4.69. The molecule has 2 aromatic rings. The molecule has 3 heterocycles. The molecule has 0 unspecified atom stereocenters. The number of hydrogen-bond donors (Lipinski definition) is 3. The lowest BCUT2D eigenvalue weighted by Gasteiger charge is -2.32. The normalized spacial score (nSPS) is 23.3. The maximum Gasteiger partial charge on any atom is 0.222 e. The number of nitrogens with zero attached hydrogens (tertiary/aromatic N) is 4. The molecule has 134 valence electrons. The standard InChI is InChI=1S/C16H23N7OS/c17-11-5-10(6-11)13-7-14(22-15(18)21-13)19-8-12-9-25-16(20-12)23-1-3-24-4-2-23/h7,9-11H,1-6,8,17H2,(H3,18,19,21,22). The van der Waals surface area contributed by atoms with E-state index in [0.717, 1.165) is 61.5 Å². The van der Waals surface area contributed by atoms with Crippen LogP contribution in [0.2, 0.25) is 0 Å². The van der Waals surface area contributed by atoms with Crippen LogP contribution in [0.3, 0.4) is 0 Å². The SMILES string of the molecule is Nc1nc(NCc2csc(N3CCOCC3)n2)cc(C2CC(N)C2)n1. The predicted molar refractivity (Wildman–Crippen MR) is 98.9 cm³/mol. The Morgan fingerprint density at radius 3 is 2.80 bits per heavy atom. The van der Waals surface area contributed by atoms with Crippen LogP contribution in [0.4, 0.5) is 16.9 Å². The van der Waals surface area contributed by atoms with Gasteiger partial charge in [0.1, 0.15) is 5.82 Å². The third kappa shape index (κ3) is 3.83. The molecule has 1 saturated carbocycles. The van der Waals surface area contributed by atoms with Gasteiger partial charge in [0.2, 0.25) is 5.95 Å². The predicted octanol–water partition coefficient (Wildman–Crippen LogP) is 1.17. The highest BCUT2D eigenvalue weighted by Crippen LogP contribution is 2.35. The third-order valence-electron chi connectivity index (χ3n) is 4.63. The Labute approximate surface area is 150 Å². The van der Waals surface area contributed by atoms with Crippen molar-refractivity contribution in [3.05, 3.63) is 22.8 Å². The maximum absolute atomic E-state index is 5.87. The molecule has 1 aliphatic heterocycles. The molecular weight excluding hydrogens is 338 g/mol. The topological polar surface area (TPSA) is 115 Å². The van der Waals surface area contributed by atoms with E-state index in [9.17, 15) is 0 Å². The number of aromatic nitrogens is 3. The number of nitrogen functional groups attached to an aromatic ring is 1. The van der Waals surface area contributed by atoms with Crippen LogP contribution in [-0.4, -0.2) is 47.3 Å². The first-order valence-electron chi connectivity index (χ1n) is 8.58. The van der Waals surface area contributed by atoms with Gasteiger partial charge in [0.15, 0.2) is 5.13 Å². The zero-order valence-corrected chi connectivity index (χ0v) is 14.8. The van der Waals surface area contributed by atoms with Crippen LogP contribution in [0.5, 0.6) is 0 Å². The van der Waals surface area contributed by atoms with E-state index in [1.165, 1.54) is 0 Å². The van der Waals surface area contributed by atoms with Gasteiger partial charge in [0, 0.05) is 36.5 Å². The van der Waals surface area contributed by atoms with E-state index >= 15 is 0 Å². The minimum Gasteiger partial charge on any atom is -0.378 e.